The summed E-state index contributed by atoms with van der Waals surface area (Å²) in [5, 5.41) is 13.2. The predicted molar refractivity (Wildman–Crippen MR) is 181 cm³/mol. The Labute approximate surface area is 282 Å². The number of aromatic nitrogens is 4. The van der Waals surface area contributed by atoms with Gasteiger partial charge in [0.25, 0.3) is 0 Å². The number of H-pyrrole nitrogens is 1. The number of amides is 3. The van der Waals surface area contributed by atoms with Crippen molar-refractivity contribution in [2.24, 2.45) is 0 Å². The maximum Gasteiger partial charge on any atom is 0.326 e. The molecule has 0 saturated carbocycles. The first kappa shape index (κ1) is 31.8. The molecule has 2 aliphatic heterocycles. The second-order valence-electron chi connectivity index (χ2n) is 11.5. The molecule has 46 heavy (non-hydrogen) atoms. The van der Waals surface area contributed by atoms with Gasteiger partial charge < -0.3 is 30.1 Å². The van der Waals surface area contributed by atoms with Gasteiger partial charge >= 0.3 is 11.7 Å². The highest BCUT2D eigenvalue weighted by atomic mass is 79.9. The van der Waals surface area contributed by atoms with Crippen LogP contribution < -0.4 is 15.9 Å². The first-order valence-corrected chi connectivity index (χ1v) is 16.7. The molecule has 14 heteroatoms. The number of anilines is 1. The molecule has 2 aliphatic rings. The highest BCUT2D eigenvalue weighted by molar-refractivity contribution is 9.11. The second-order valence-corrected chi connectivity index (χ2v) is 13.2. The molecule has 0 aliphatic carbocycles. The maximum absolute atomic E-state index is 13.9. The molecule has 0 unspecified atom stereocenters. The van der Waals surface area contributed by atoms with Gasteiger partial charge in [-0.3, -0.25) is 9.36 Å². The zero-order valence-corrected chi connectivity index (χ0v) is 28.2. The van der Waals surface area contributed by atoms with Crippen molar-refractivity contribution in [3.8, 4) is 17.0 Å². The number of phenols is 1. The lowest BCUT2D eigenvalue weighted by molar-refractivity contribution is -0.133. The zero-order chi connectivity index (χ0) is 32.2. The number of rotatable bonds is 7. The number of aromatic hydroxyl groups is 1. The van der Waals surface area contributed by atoms with Gasteiger partial charge in [-0.2, -0.15) is 0 Å². The number of piperazine rings is 1. The van der Waals surface area contributed by atoms with Gasteiger partial charge in [0.1, 0.15) is 23.9 Å². The van der Waals surface area contributed by atoms with E-state index < -0.39 is 6.04 Å². The molecule has 6 rings (SSSR count). The normalized spacial score (nSPS) is 16.3. The van der Waals surface area contributed by atoms with Crippen molar-refractivity contribution < 1.29 is 14.7 Å². The molecule has 3 amide bonds. The third-order valence-electron chi connectivity index (χ3n) is 8.57. The minimum absolute atomic E-state index is 0.0411. The fourth-order valence-electron chi connectivity index (χ4n) is 6.05. The number of imidazole rings is 1. The number of halogens is 2. The Morgan fingerprint density at radius 3 is 2.33 bits per heavy atom. The van der Waals surface area contributed by atoms with Gasteiger partial charge in [0.2, 0.25) is 5.91 Å². The fraction of sp³-hybridized carbons (Fsp3) is 0.344. The number of aromatic amines is 1. The summed E-state index contributed by atoms with van der Waals surface area (Å²) in [6.45, 7) is 3.09. The van der Waals surface area contributed by atoms with Crippen LogP contribution in [0.3, 0.4) is 0 Å². The number of carbonyl (C=O) groups is 2. The third-order valence-corrected chi connectivity index (χ3v) is 9.78. The molecule has 0 bridgehead atoms. The molecule has 3 N–H and O–H groups in total. The van der Waals surface area contributed by atoms with Gasteiger partial charge in [-0.15, -0.1) is 0 Å². The molecular formula is C32H34Br2N8O4. The molecule has 1 atom stereocenters. The number of benzene rings is 2. The number of hydrogen-bond acceptors (Lipinski definition) is 7. The summed E-state index contributed by atoms with van der Waals surface area (Å²) in [6, 6.07) is 13.9. The van der Waals surface area contributed by atoms with Crippen LogP contribution in [0.25, 0.3) is 11.3 Å². The lowest BCUT2D eigenvalue weighted by Gasteiger charge is -2.38. The Bertz CT molecular complexity index is 1710. The van der Waals surface area contributed by atoms with Crippen molar-refractivity contribution in [1.82, 2.24) is 34.6 Å². The zero-order valence-electron chi connectivity index (χ0n) is 25.0. The summed E-state index contributed by atoms with van der Waals surface area (Å²) in [4.78, 5) is 57.2. The number of likely N-dealkylation sites (tertiary alicyclic amines) is 1. The Kier molecular flexibility index (Phi) is 9.73. The summed E-state index contributed by atoms with van der Waals surface area (Å²) in [6.07, 6.45) is 6.52. The van der Waals surface area contributed by atoms with Gasteiger partial charge in [-0.05, 0) is 74.0 Å². The summed E-state index contributed by atoms with van der Waals surface area (Å²) in [5.41, 5.74) is 2.31. The van der Waals surface area contributed by atoms with Crippen molar-refractivity contribution in [2.45, 2.75) is 31.3 Å². The largest absolute Gasteiger partial charge is 0.506 e. The van der Waals surface area contributed by atoms with E-state index >= 15 is 0 Å². The molecule has 2 aromatic heterocycles. The van der Waals surface area contributed by atoms with Crippen molar-refractivity contribution in [2.75, 3.05) is 44.2 Å². The molecule has 0 radical (unpaired) electrons. The highest BCUT2D eigenvalue weighted by Gasteiger charge is 2.32. The number of piperidine rings is 1. The summed E-state index contributed by atoms with van der Waals surface area (Å²) < 4.78 is 2.71. The van der Waals surface area contributed by atoms with Gasteiger partial charge in [0.15, 0.2) is 0 Å². The molecule has 2 fully saturated rings. The maximum atomic E-state index is 13.9. The highest BCUT2D eigenvalue weighted by Crippen LogP contribution is 2.34. The molecular weight excluding hydrogens is 720 g/mol. The number of nitrogens with zero attached hydrogens (tertiary/aromatic N) is 6. The Morgan fingerprint density at radius 1 is 0.978 bits per heavy atom. The number of nitrogens with one attached hydrogen (secondary N) is 2. The van der Waals surface area contributed by atoms with Crippen LogP contribution in [0.15, 0.2) is 81.0 Å². The minimum atomic E-state index is -0.820. The van der Waals surface area contributed by atoms with Crippen LogP contribution >= 0.6 is 31.9 Å². The van der Waals surface area contributed by atoms with E-state index in [1.165, 1.54) is 6.33 Å². The van der Waals surface area contributed by atoms with Gasteiger partial charge in [-0.25, -0.2) is 19.6 Å². The molecule has 12 nitrogen and oxygen atoms in total. The van der Waals surface area contributed by atoms with Crippen LogP contribution in [-0.4, -0.2) is 91.7 Å². The number of urea groups is 1. The standard InChI is InChI=1S/C32H34Br2N8O4/c33-24-16-21(17-25(34)29(24)43)18-26(30(44)40-14-12-39(13-15-40)28-6-9-35-20-36-28)37-31(45)41-10-7-23(8-11-41)42-19-27(38-32(42)46)22-4-2-1-3-5-22/h1-6,9,16-17,19-20,23,26,43H,7-8,10-15,18H2,(H,37,45)(H,38,46)/t26-/m0/s1. The number of hydrogen-bond donors (Lipinski definition) is 3. The first-order chi connectivity index (χ1) is 22.3. The first-order valence-electron chi connectivity index (χ1n) is 15.2. The van der Waals surface area contributed by atoms with E-state index in [0.717, 1.165) is 22.6 Å². The Morgan fingerprint density at radius 2 is 1.67 bits per heavy atom. The van der Waals surface area contributed by atoms with E-state index in [9.17, 15) is 19.5 Å². The van der Waals surface area contributed by atoms with Gasteiger partial charge in [0.05, 0.1) is 14.6 Å². The van der Waals surface area contributed by atoms with Crippen LogP contribution in [0.4, 0.5) is 10.6 Å². The number of phenolic OH excluding ortho intramolecular Hbond substituents is 1. The van der Waals surface area contributed by atoms with E-state index in [-0.39, 0.29) is 35.8 Å². The second kappa shape index (κ2) is 14.1. The third kappa shape index (κ3) is 7.12. The van der Waals surface area contributed by atoms with E-state index in [1.807, 2.05) is 42.6 Å². The molecule has 0 spiro atoms. The lowest BCUT2D eigenvalue weighted by atomic mass is 10.0. The summed E-state index contributed by atoms with van der Waals surface area (Å²) >= 11 is 6.75. The smallest absolute Gasteiger partial charge is 0.326 e. The van der Waals surface area contributed by atoms with Crippen LogP contribution in [0.1, 0.15) is 24.4 Å². The van der Waals surface area contributed by atoms with Crippen LogP contribution in [0.2, 0.25) is 0 Å². The van der Waals surface area contributed by atoms with Crippen LogP contribution in [-0.2, 0) is 11.2 Å². The van der Waals surface area contributed by atoms with E-state index in [0.29, 0.717) is 61.1 Å². The van der Waals surface area contributed by atoms with E-state index in [4.69, 9.17) is 0 Å². The molecule has 4 aromatic rings. The van der Waals surface area contributed by atoms with Crippen molar-refractivity contribution in [3.05, 3.63) is 92.2 Å². The van der Waals surface area contributed by atoms with Gasteiger partial charge in [-0.1, -0.05) is 30.3 Å². The summed E-state index contributed by atoms with van der Waals surface area (Å²) in [5.74, 6) is 0.711. The minimum Gasteiger partial charge on any atom is -0.506 e. The Hall–Kier alpha value is -4.17. The quantitative estimate of drug-likeness (QED) is 0.258. The molecule has 2 aromatic carbocycles. The van der Waals surface area contributed by atoms with Crippen molar-refractivity contribution in [3.63, 3.8) is 0 Å². The summed E-state index contributed by atoms with van der Waals surface area (Å²) in [7, 11) is 0. The SMILES string of the molecule is O=C(N[C@@H](Cc1cc(Br)c(O)c(Br)c1)C(=O)N1CCN(c2ccncn2)CC1)N1CCC(n2cc(-c3ccccc3)[nH]c2=O)CC1. The lowest BCUT2D eigenvalue weighted by Crippen LogP contribution is -2.57. The van der Waals surface area contributed by atoms with Crippen LogP contribution in [0.5, 0.6) is 5.75 Å². The van der Waals surface area contributed by atoms with Crippen molar-refractivity contribution in [1.29, 1.82) is 0 Å². The molecule has 4 heterocycles. The van der Waals surface area contributed by atoms with E-state index in [2.05, 4.69) is 57.0 Å². The average Bonchev–Trinajstić information content (AvgIpc) is 3.48. The van der Waals surface area contributed by atoms with E-state index in [1.54, 1.807) is 32.7 Å². The van der Waals surface area contributed by atoms with Crippen molar-refractivity contribution >= 4 is 49.6 Å². The van der Waals surface area contributed by atoms with Crippen LogP contribution in [0, 0.1) is 0 Å². The molecule has 240 valence electrons. The fourth-order valence-corrected chi connectivity index (χ4v) is 7.33. The number of carbonyl (C=O) groups excluding carboxylic acids is 2. The predicted octanol–water partition coefficient (Wildman–Crippen LogP) is 4.17. The molecule has 2 saturated heterocycles. The Balaban J connectivity index is 1.12. The average molecular weight is 754 g/mol. The topological polar surface area (TPSA) is 140 Å². The monoisotopic (exact) mass is 752 g/mol. The van der Waals surface area contributed by atoms with Gasteiger partial charge in [0, 0.05) is 64.1 Å².